The molecule has 2 heterocycles. The van der Waals surface area contributed by atoms with Gasteiger partial charge in [-0.2, -0.15) is 4.57 Å². The minimum Gasteiger partial charge on any atom is -0.497 e. The minimum absolute atomic E-state index is 0.897. The summed E-state index contributed by atoms with van der Waals surface area (Å²) in [5.41, 5.74) is 2.49. The van der Waals surface area contributed by atoms with Crippen LogP contribution in [0.1, 0.15) is 32.7 Å². The Balaban J connectivity index is 0.00000132. The van der Waals surface area contributed by atoms with Crippen LogP contribution in [0, 0.1) is 0 Å². The molecule has 4 rings (SSSR count). The second-order valence-corrected chi connectivity index (χ2v) is 8.69. The minimum atomic E-state index is 0.897. The summed E-state index contributed by atoms with van der Waals surface area (Å²) in [5, 5.41) is 2.47. The maximum Gasteiger partial charge on any atom is 0.262 e. The fourth-order valence-corrected chi connectivity index (χ4v) is 5.87. The van der Waals surface area contributed by atoms with E-state index in [0.717, 1.165) is 24.6 Å². The summed E-state index contributed by atoms with van der Waals surface area (Å²) in [6.07, 6.45) is 6.55. The van der Waals surface area contributed by atoms with Crippen LogP contribution in [0.4, 0.5) is 5.69 Å². The van der Waals surface area contributed by atoms with Crippen LogP contribution in [0.15, 0.2) is 58.5 Å². The van der Waals surface area contributed by atoms with Crippen molar-refractivity contribution in [3.05, 3.63) is 58.6 Å². The largest absolute Gasteiger partial charge is 0.497 e. The number of rotatable bonds is 6. The molecule has 31 heavy (non-hydrogen) atoms. The van der Waals surface area contributed by atoms with E-state index in [9.17, 15) is 0 Å². The smallest absolute Gasteiger partial charge is 0.262 e. The quantitative estimate of drug-likeness (QED) is 0.384. The zero-order chi connectivity index (χ0) is 22.4. The van der Waals surface area contributed by atoms with Crippen LogP contribution < -0.4 is 18.9 Å². The van der Waals surface area contributed by atoms with Crippen molar-refractivity contribution in [3.8, 4) is 11.5 Å². The molecule has 3 aromatic rings. The number of hydrogen-bond donors (Lipinski definition) is 0. The van der Waals surface area contributed by atoms with Crippen molar-refractivity contribution >= 4 is 45.1 Å². The zero-order valence-electron chi connectivity index (χ0n) is 19.1. The van der Waals surface area contributed by atoms with Gasteiger partial charge in [-0.1, -0.05) is 43.0 Å². The predicted octanol–water partition coefficient (Wildman–Crippen LogP) is 6.74. The van der Waals surface area contributed by atoms with Crippen LogP contribution in [-0.2, 0) is 6.54 Å². The maximum atomic E-state index is 5.38. The van der Waals surface area contributed by atoms with Crippen molar-refractivity contribution in [3.63, 3.8) is 0 Å². The highest BCUT2D eigenvalue weighted by Crippen LogP contribution is 2.47. The van der Waals surface area contributed by atoms with Gasteiger partial charge in [-0.05, 0) is 44.2 Å². The van der Waals surface area contributed by atoms with Gasteiger partial charge in [0.25, 0.3) is 5.01 Å². The number of aromatic nitrogens is 1. The average Bonchev–Trinajstić information content (AvgIpc) is 3.35. The van der Waals surface area contributed by atoms with Crippen LogP contribution >= 0.6 is 23.1 Å². The Labute approximate surface area is 193 Å². The summed E-state index contributed by atoms with van der Waals surface area (Å²) in [5.74, 6) is 1.79. The summed E-state index contributed by atoms with van der Waals surface area (Å²) in [4.78, 5) is 3.58. The monoisotopic (exact) mass is 455 g/mol. The van der Waals surface area contributed by atoms with Gasteiger partial charge < -0.3 is 14.4 Å². The summed E-state index contributed by atoms with van der Waals surface area (Å²) < 4.78 is 14.3. The topological polar surface area (TPSA) is 25.6 Å². The highest BCUT2D eigenvalue weighted by molar-refractivity contribution is 8.03. The number of anilines is 1. The van der Waals surface area contributed by atoms with E-state index in [1.54, 1.807) is 37.3 Å². The van der Waals surface area contributed by atoms with E-state index in [4.69, 9.17) is 9.47 Å². The zero-order valence-corrected chi connectivity index (χ0v) is 20.8. The molecule has 0 saturated carbocycles. The van der Waals surface area contributed by atoms with E-state index >= 15 is 0 Å². The molecule has 164 valence electrons. The number of fused-ring (bicyclic) bond motifs is 2. The van der Waals surface area contributed by atoms with Gasteiger partial charge >= 0.3 is 0 Å². The van der Waals surface area contributed by atoms with Crippen LogP contribution in [-0.4, -0.2) is 20.8 Å². The van der Waals surface area contributed by atoms with E-state index < -0.39 is 0 Å². The average molecular weight is 456 g/mol. The summed E-state index contributed by atoms with van der Waals surface area (Å²) in [6.45, 7) is 10.2. The molecule has 0 atom stereocenters. The number of methoxy groups -OCH3 is 2. The first-order chi connectivity index (χ1) is 15.2. The lowest BCUT2D eigenvalue weighted by Gasteiger charge is -2.17. The number of benzene rings is 2. The Morgan fingerprint density at radius 1 is 1.00 bits per heavy atom. The maximum absolute atomic E-state index is 5.38. The number of nitrogens with zero attached hydrogens (tertiary/aromatic N) is 2. The van der Waals surface area contributed by atoms with Crippen molar-refractivity contribution < 1.29 is 14.0 Å². The summed E-state index contributed by atoms with van der Waals surface area (Å²) in [6, 6.07) is 12.5. The van der Waals surface area contributed by atoms with Crippen LogP contribution in [0.3, 0.4) is 0 Å². The molecule has 0 unspecified atom stereocenters. The van der Waals surface area contributed by atoms with Crippen LogP contribution in [0.2, 0.25) is 0 Å². The van der Waals surface area contributed by atoms with Gasteiger partial charge in [0.1, 0.15) is 22.7 Å². The van der Waals surface area contributed by atoms with Gasteiger partial charge in [0.2, 0.25) is 5.52 Å². The highest BCUT2D eigenvalue weighted by Gasteiger charge is 2.24. The molecule has 0 N–H and O–H groups in total. The normalized spacial score (nSPS) is 14.1. The van der Waals surface area contributed by atoms with Crippen molar-refractivity contribution in [1.82, 2.24) is 0 Å². The lowest BCUT2D eigenvalue weighted by Crippen LogP contribution is -2.33. The SMILES string of the molecule is CC.CCN1/C(=C\C=C\c2sc3cc(OC)ccc3[n+]2CC)Sc2cc(OC)ccc21. The van der Waals surface area contributed by atoms with E-state index in [2.05, 4.69) is 65.8 Å². The third-order valence-electron chi connectivity index (χ3n) is 4.99. The number of thiazole rings is 1. The summed E-state index contributed by atoms with van der Waals surface area (Å²) in [7, 11) is 3.42. The third kappa shape index (κ3) is 4.75. The second-order valence-electron chi connectivity index (χ2n) is 6.56. The molecule has 1 aromatic heterocycles. The number of aryl methyl sites for hydroxylation is 1. The molecule has 0 aliphatic carbocycles. The molecule has 0 bridgehead atoms. The van der Waals surface area contributed by atoms with Crippen LogP contribution in [0.5, 0.6) is 11.5 Å². The van der Waals surface area contributed by atoms with Crippen molar-refractivity contribution in [2.75, 3.05) is 25.7 Å². The first kappa shape index (κ1) is 23.2. The van der Waals surface area contributed by atoms with Crippen molar-refractivity contribution in [1.29, 1.82) is 0 Å². The fraction of sp³-hybridized carbons (Fsp3) is 0.320. The van der Waals surface area contributed by atoms with E-state index in [1.807, 2.05) is 26.0 Å². The number of allylic oxidation sites excluding steroid dienone is 2. The molecule has 0 amide bonds. The third-order valence-corrected chi connectivity index (χ3v) is 7.21. The molecule has 0 fully saturated rings. The first-order valence-corrected chi connectivity index (χ1v) is 12.3. The Hall–Kier alpha value is -2.44. The van der Waals surface area contributed by atoms with Crippen molar-refractivity contribution in [2.45, 2.75) is 39.1 Å². The molecule has 0 radical (unpaired) electrons. The van der Waals surface area contributed by atoms with Crippen LogP contribution in [0.25, 0.3) is 16.3 Å². The summed E-state index contributed by atoms with van der Waals surface area (Å²) >= 11 is 3.58. The molecule has 2 aromatic carbocycles. The molecule has 0 spiro atoms. The second kappa shape index (κ2) is 10.7. The van der Waals surface area contributed by atoms with Crippen molar-refractivity contribution in [2.24, 2.45) is 0 Å². The van der Waals surface area contributed by atoms with Gasteiger partial charge in [0.05, 0.1) is 24.9 Å². The molecule has 1 aliphatic heterocycles. The number of ether oxygens (including phenoxy) is 2. The molecular weight excluding hydrogens is 424 g/mol. The Morgan fingerprint density at radius 3 is 2.39 bits per heavy atom. The Kier molecular flexibility index (Phi) is 8.04. The fourth-order valence-electron chi connectivity index (χ4n) is 3.54. The molecule has 1 aliphatic rings. The van der Waals surface area contributed by atoms with Gasteiger partial charge in [-0.25, -0.2) is 0 Å². The first-order valence-electron chi connectivity index (χ1n) is 10.7. The standard InChI is InChI=1S/C23H25N2O2S2.C2H6/c1-5-24-18-12-10-16(26-3)14-20(18)28-22(24)8-7-9-23-25(6-2)19-13-11-17(27-4)15-21(19)29-23;1-2/h7-15H,5-6H2,1-4H3;1-2H3/q+1;. The lowest BCUT2D eigenvalue weighted by atomic mass is 10.2. The molecular formula is C25H31N2O2S2+. The molecule has 4 nitrogen and oxygen atoms in total. The van der Waals surface area contributed by atoms with E-state index in [1.165, 1.54) is 30.8 Å². The Bertz CT molecular complexity index is 1100. The predicted molar refractivity (Wildman–Crippen MR) is 135 cm³/mol. The van der Waals surface area contributed by atoms with E-state index in [0.29, 0.717) is 0 Å². The lowest BCUT2D eigenvalue weighted by molar-refractivity contribution is -0.665. The highest BCUT2D eigenvalue weighted by atomic mass is 32.2. The molecule has 6 heteroatoms. The number of thioether (sulfide) groups is 1. The van der Waals surface area contributed by atoms with E-state index in [-0.39, 0.29) is 0 Å². The van der Waals surface area contributed by atoms with Gasteiger partial charge in [0.15, 0.2) is 0 Å². The van der Waals surface area contributed by atoms with Gasteiger partial charge in [0, 0.05) is 29.6 Å². The number of hydrogen-bond acceptors (Lipinski definition) is 5. The molecule has 0 saturated heterocycles. The van der Waals surface area contributed by atoms with Gasteiger partial charge in [-0.15, -0.1) is 0 Å². The Morgan fingerprint density at radius 2 is 1.71 bits per heavy atom. The van der Waals surface area contributed by atoms with Gasteiger partial charge in [-0.3, -0.25) is 0 Å².